The van der Waals surface area contributed by atoms with Crippen molar-refractivity contribution in [1.29, 1.82) is 0 Å². The van der Waals surface area contributed by atoms with Gasteiger partial charge in [0.2, 0.25) is 0 Å². The summed E-state index contributed by atoms with van der Waals surface area (Å²) in [5.74, 6) is 0.775. The molecule has 4 nitrogen and oxygen atoms in total. The summed E-state index contributed by atoms with van der Waals surface area (Å²) in [4.78, 5) is 24.8. The van der Waals surface area contributed by atoms with Crippen LogP contribution in [0.15, 0.2) is 0 Å². The second-order valence-corrected chi connectivity index (χ2v) is 9.42. The number of hydrogen-bond donors (Lipinski definition) is 0. The topological polar surface area (TPSA) is 52.6 Å². The summed E-state index contributed by atoms with van der Waals surface area (Å²) in [6.45, 7) is 9.76. The molecule has 4 aliphatic carbocycles. The maximum atomic E-state index is 12.5. The molecule has 0 aliphatic heterocycles. The van der Waals surface area contributed by atoms with Gasteiger partial charge in [0.15, 0.2) is 0 Å². The molecule has 0 aromatic carbocycles. The van der Waals surface area contributed by atoms with E-state index in [1.54, 1.807) is 0 Å². The van der Waals surface area contributed by atoms with E-state index in [0.29, 0.717) is 12.3 Å². The predicted molar refractivity (Wildman–Crippen MR) is 86.6 cm³/mol. The second kappa shape index (κ2) is 5.22. The summed E-state index contributed by atoms with van der Waals surface area (Å²) >= 11 is 0. The summed E-state index contributed by atoms with van der Waals surface area (Å²) < 4.78 is 11.4. The van der Waals surface area contributed by atoms with Gasteiger partial charge in [-0.3, -0.25) is 9.59 Å². The smallest absolute Gasteiger partial charge is 0.312 e. The molecular weight excluding hydrogens is 292 g/mol. The SMILES string of the molecule is CC1CC(C)(OC(=O)C(C)(C)CC(C)C(=O)OC23CC(C2)C3)C1. The summed E-state index contributed by atoms with van der Waals surface area (Å²) in [6, 6.07) is 0. The molecule has 0 aromatic heterocycles. The Hall–Kier alpha value is -1.06. The molecule has 4 saturated carbocycles. The van der Waals surface area contributed by atoms with Crippen LogP contribution < -0.4 is 0 Å². The third-order valence-corrected chi connectivity index (χ3v) is 5.97. The largest absolute Gasteiger partial charge is 0.459 e. The molecule has 4 rings (SSSR count). The highest BCUT2D eigenvalue weighted by molar-refractivity contribution is 5.79. The molecule has 0 radical (unpaired) electrons. The Labute approximate surface area is 139 Å². The van der Waals surface area contributed by atoms with Crippen LogP contribution in [0, 0.1) is 23.2 Å². The standard InChI is InChI=1S/C19H30O4/c1-12-6-18(5,7-12)23-16(21)17(3,4)8-13(2)15(20)22-19-9-14(10-19)11-19/h12-14H,6-11H2,1-5H3. The predicted octanol–water partition coefficient (Wildman–Crippen LogP) is 3.87. The fourth-order valence-corrected chi connectivity index (χ4v) is 4.63. The lowest BCUT2D eigenvalue weighted by Crippen LogP contribution is -2.61. The highest BCUT2D eigenvalue weighted by Crippen LogP contribution is 2.59. The maximum Gasteiger partial charge on any atom is 0.312 e. The van der Waals surface area contributed by atoms with Crippen molar-refractivity contribution >= 4 is 11.9 Å². The van der Waals surface area contributed by atoms with Gasteiger partial charge in [-0.25, -0.2) is 0 Å². The van der Waals surface area contributed by atoms with E-state index in [1.165, 1.54) is 0 Å². The van der Waals surface area contributed by atoms with Crippen molar-refractivity contribution in [3.05, 3.63) is 0 Å². The van der Waals surface area contributed by atoms with Crippen molar-refractivity contribution in [1.82, 2.24) is 0 Å². The van der Waals surface area contributed by atoms with Crippen LogP contribution >= 0.6 is 0 Å². The van der Waals surface area contributed by atoms with Crippen molar-refractivity contribution in [3.63, 3.8) is 0 Å². The fourth-order valence-electron chi connectivity index (χ4n) is 4.63. The van der Waals surface area contributed by atoms with Gasteiger partial charge in [0.1, 0.15) is 11.2 Å². The highest BCUT2D eigenvalue weighted by Gasteiger charge is 2.60. The molecule has 0 spiro atoms. The van der Waals surface area contributed by atoms with Gasteiger partial charge in [0, 0.05) is 0 Å². The number of rotatable bonds is 6. The number of esters is 2. The molecule has 23 heavy (non-hydrogen) atoms. The molecule has 4 heteroatoms. The Bertz CT molecular complexity index is 498. The van der Waals surface area contributed by atoms with E-state index in [2.05, 4.69) is 6.92 Å². The Morgan fingerprint density at radius 3 is 2.13 bits per heavy atom. The normalized spacial score (nSPS) is 39.3. The Kier molecular flexibility index (Phi) is 3.81. The molecule has 1 atom stereocenters. The molecule has 2 bridgehead atoms. The zero-order valence-electron chi connectivity index (χ0n) is 15.1. The second-order valence-electron chi connectivity index (χ2n) is 9.42. The van der Waals surface area contributed by atoms with Crippen LogP contribution in [-0.2, 0) is 19.1 Å². The molecule has 130 valence electrons. The lowest BCUT2D eigenvalue weighted by atomic mass is 9.52. The molecule has 0 saturated heterocycles. The van der Waals surface area contributed by atoms with Crippen LogP contribution in [0.3, 0.4) is 0 Å². The summed E-state index contributed by atoms with van der Waals surface area (Å²) in [7, 11) is 0. The number of carbonyl (C=O) groups excluding carboxylic acids is 2. The third kappa shape index (κ3) is 3.14. The minimum absolute atomic E-state index is 0.143. The van der Waals surface area contributed by atoms with Gasteiger partial charge in [-0.15, -0.1) is 0 Å². The summed E-state index contributed by atoms with van der Waals surface area (Å²) in [5, 5.41) is 0. The van der Waals surface area contributed by atoms with Crippen molar-refractivity contribution in [3.8, 4) is 0 Å². The molecule has 0 aromatic rings. The Morgan fingerprint density at radius 1 is 1.13 bits per heavy atom. The molecular formula is C19H30O4. The lowest BCUT2D eigenvalue weighted by Gasteiger charge is -2.60. The summed E-state index contributed by atoms with van der Waals surface area (Å²) in [5.41, 5.74) is -1.13. The Morgan fingerprint density at radius 2 is 1.70 bits per heavy atom. The van der Waals surface area contributed by atoms with Crippen LogP contribution in [0.2, 0.25) is 0 Å². The van der Waals surface area contributed by atoms with Crippen molar-refractivity contribution in [2.75, 3.05) is 0 Å². The lowest BCUT2D eigenvalue weighted by molar-refractivity contribution is -0.228. The monoisotopic (exact) mass is 322 g/mol. The van der Waals surface area contributed by atoms with E-state index in [1.807, 2.05) is 27.7 Å². The average molecular weight is 322 g/mol. The van der Waals surface area contributed by atoms with E-state index >= 15 is 0 Å². The maximum absolute atomic E-state index is 12.5. The minimum atomic E-state index is -0.667. The zero-order valence-corrected chi connectivity index (χ0v) is 15.1. The van der Waals surface area contributed by atoms with Crippen LogP contribution in [0.25, 0.3) is 0 Å². The highest BCUT2D eigenvalue weighted by atomic mass is 16.6. The molecule has 0 N–H and O–H groups in total. The number of ether oxygens (including phenoxy) is 2. The zero-order chi connectivity index (χ0) is 17.0. The summed E-state index contributed by atoms with van der Waals surface area (Å²) in [6.07, 6.45) is 5.43. The van der Waals surface area contributed by atoms with E-state index in [0.717, 1.165) is 38.0 Å². The Balaban J connectivity index is 1.50. The molecule has 1 unspecified atom stereocenters. The van der Waals surface area contributed by atoms with Gasteiger partial charge in [0.25, 0.3) is 0 Å². The van der Waals surface area contributed by atoms with E-state index in [4.69, 9.17) is 9.47 Å². The fraction of sp³-hybridized carbons (Fsp3) is 0.895. The first-order chi connectivity index (χ1) is 10.5. The quantitative estimate of drug-likeness (QED) is 0.697. The molecule has 0 amide bonds. The van der Waals surface area contributed by atoms with Gasteiger partial charge in [-0.1, -0.05) is 13.8 Å². The van der Waals surface area contributed by atoms with Crippen LogP contribution in [0.5, 0.6) is 0 Å². The molecule has 0 heterocycles. The number of carbonyl (C=O) groups is 2. The van der Waals surface area contributed by atoms with Crippen LogP contribution in [0.1, 0.15) is 73.1 Å². The third-order valence-electron chi connectivity index (χ3n) is 5.97. The van der Waals surface area contributed by atoms with Crippen LogP contribution in [0.4, 0.5) is 0 Å². The molecule has 4 fully saturated rings. The van der Waals surface area contributed by atoms with Gasteiger partial charge in [-0.2, -0.15) is 0 Å². The van der Waals surface area contributed by atoms with Crippen molar-refractivity contribution in [2.45, 2.75) is 84.3 Å². The van der Waals surface area contributed by atoms with Crippen LogP contribution in [-0.4, -0.2) is 23.1 Å². The van der Waals surface area contributed by atoms with E-state index in [-0.39, 0.29) is 29.1 Å². The van der Waals surface area contributed by atoms with Gasteiger partial charge in [-0.05, 0) is 71.1 Å². The average Bonchev–Trinajstić information content (AvgIpc) is 2.29. The van der Waals surface area contributed by atoms with Crippen molar-refractivity contribution in [2.24, 2.45) is 23.2 Å². The van der Waals surface area contributed by atoms with E-state index in [9.17, 15) is 9.59 Å². The van der Waals surface area contributed by atoms with Gasteiger partial charge in [0.05, 0.1) is 11.3 Å². The number of hydrogen-bond acceptors (Lipinski definition) is 4. The van der Waals surface area contributed by atoms with E-state index < -0.39 is 5.41 Å². The first kappa shape index (κ1) is 16.8. The minimum Gasteiger partial charge on any atom is -0.459 e. The molecule has 4 aliphatic rings. The van der Waals surface area contributed by atoms with Gasteiger partial charge < -0.3 is 9.47 Å². The first-order valence-corrected chi connectivity index (χ1v) is 8.99. The van der Waals surface area contributed by atoms with Gasteiger partial charge >= 0.3 is 11.9 Å². The van der Waals surface area contributed by atoms with Crippen molar-refractivity contribution < 1.29 is 19.1 Å². The first-order valence-electron chi connectivity index (χ1n) is 8.99.